The first-order valence-corrected chi connectivity index (χ1v) is 6.95. The van der Waals surface area contributed by atoms with Crippen molar-refractivity contribution in [1.29, 1.82) is 0 Å². The molecule has 0 atom stereocenters. The van der Waals surface area contributed by atoms with E-state index in [2.05, 4.69) is 26.1 Å². The highest BCUT2D eigenvalue weighted by atomic mass is 79.9. The zero-order valence-electron chi connectivity index (χ0n) is 10.1. The van der Waals surface area contributed by atoms with Gasteiger partial charge in [0, 0.05) is 10.0 Å². The summed E-state index contributed by atoms with van der Waals surface area (Å²) < 4.78 is 15.8. The van der Waals surface area contributed by atoms with Gasteiger partial charge in [0.05, 0.1) is 5.69 Å². The van der Waals surface area contributed by atoms with Crippen LogP contribution in [0.1, 0.15) is 0 Å². The van der Waals surface area contributed by atoms with E-state index in [1.165, 1.54) is 12.1 Å². The summed E-state index contributed by atoms with van der Waals surface area (Å²) in [6.07, 6.45) is 0. The molecule has 0 bridgehead atoms. The van der Waals surface area contributed by atoms with Gasteiger partial charge in [-0.15, -0.1) is 10.2 Å². The van der Waals surface area contributed by atoms with Crippen LogP contribution < -0.4 is 0 Å². The maximum atomic E-state index is 13.5. The Balaban J connectivity index is 2.24. The van der Waals surface area contributed by atoms with Gasteiger partial charge in [0.1, 0.15) is 5.82 Å². The second kappa shape index (κ2) is 5.34. The molecule has 2 aromatic carbocycles. The molecule has 100 valence electrons. The molecule has 3 aromatic rings. The van der Waals surface area contributed by atoms with Crippen molar-refractivity contribution in [3.63, 3.8) is 0 Å². The Morgan fingerprint density at radius 2 is 1.80 bits per heavy atom. The summed E-state index contributed by atoms with van der Waals surface area (Å²) in [4.78, 5) is 0. The monoisotopic (exact) mass is 351 g/mol. The molecule has 1 heterocycles. The van der Waals surface area contributed by atoms with Gasteiger partial charge in [-0.05, 0) is 45.7 Å². The van der Waals surface area contributed by atoms with E-state index in [0.717, 1.165) is 5.56 Å². The highest BCUT2D eigenvalue weighted by Crippen LogP contribution is 2.29. The average molecular weight is 353 g/mol. The molecule has 1 aromatic heterocycles. The van der Waals surface area contributed by atoms with Crippen molar-refractivity contribution < 1.29 is 4.39 Å². The Morgan fingerprint density at radius 3 is 2.55 bits per heavy atom. The molecule has 0 saturated heterocycles. The van der Waals surface area contributed by atoms with E-state index in [-0.39, 0.29) is 11.1 Å². The molecule has 6 heteroatoms. The van der Waals surface area contributed by atoms with E-state index in [9.17, 15) is 4.39 Å². The van der Waals surface area contributed by atoms with Gasteiger partial charge < -0.3 is 0 Å². The van der Waals surface area contributed by atoms with Gasteiger partial charge in [0.25, 0.3) is 0 Å². The molecule has 20 heavy (non-hydrogen) atoms. The zero-order chi connectivity index (χ0) is 14.1. The Morgan fingerprint density at radius 1 is 1.05 bits per heavy atom. The van der Waals surface area contributed by atoms with Crippen LogP contribution in [0.2, 0.25) is 5.28 Å². The summed E-state index contributed by atoms with van der Waals surface area (Å²) >= 11 is 9.49. The lowest BCUT2D eigenvalue weighted by Gasteiger charge is -2.10. The SMILES string of the molecule is Fc1ccc(Br)c(-n2c(Cl)nnc2-c2ccccc2)c1. The molecule has 0 radical (unpaired) electrons. The number of hydrogen-bond donors (Lipinski definition) is 0. The van der Waals surface area contributed by atoms with Gasteiger partial charge in [-0.3, -0.25) is 4.57 Å². The van der Waals surface area contributed by atoms with Crippen molar-refractivity contribution in [2.24, 2.45) is 0 Å². The molecule has 0 unspecified atom stereocenters. The van der Waals surface area contributed by atoms with Crippen molar-refractivity contribution in [2.75, 3.05) is 0 Å². The maximum Gasteiger partial charge on any atom is 0.229 e. The van der Waals surface area contributed by atoms with Crippen LogP contribution >= 0.6 is 27.5 Å². The predicted molar refractivity (Wildman–Crippen MR) is 79.5 cm³/mol. The highest BCUT2D eigenvalue weighted by molar-refractivity contribution is 9.10. The molecule has 0 aliphatic heterocycles. The fraction of sp³-hybridized carbons (Fsp3) is 0. The van der Waals surface area contributed by atoms with Crippen LogP contribution in [0.4, 0.5) is 4.39 Å². The summed E-state index contributed by atoms with van der Waals surface area (Å²) in [6, 6.07) is 13.8. The third-order valence-electron chi connectivity index (χ3n) is 2.80. The molecule has 3 rings (SSSR count). The van der Waals surface area contributed by atoms with E-state index in [1.807, 2.05) is 30.3 Å². The first kappa shape index (κ1) is 13.3. The lowest BCUT2D eigenvalue weighted by molar-refractivity contribution is 0.626. The van der Waals surface area contributed by atoms with Crippen LogP contribution in [0.5, 0.6) is 0 Å². The minimum Gasteiger partial charge on any atom is -0.265 e. The van der Waals surface area contributed by atoms with Crippen LogP contribution in [-0.4, -0.2) is 14.8 Å². The zero-order valence-corrected chi connectivity index (χ0v) is 12.4. The first-order valence-electron chi connectivity index (χ1n) is 5.78. The summed E-state index contributed by atoms with van der Waals surface area (Å²) in [6.45, 7) is 0. The maximum absolute atomic E-state index is 13.5. The van der Waals surface area contributed by atoms with Crippen LogP contribution in [0.15, 0.2) is 53.0 Å². The van der Waals surface area contributed by atoms with Gasteiger partial charge in [-0.2, -0.15) is 0 Å². The van der Waals surface area contributed by atoms with Crippen LogP contribution in [0.3, 0.4) is 0 Å². The molecule has 0 saturated carbocycles. The highest BCUT2D eigenvalue weighted by Gasteiger charge is 2.16. The van der Waals surface area contributed by atoms with Gasteiger partial charge in [0.2, 0.25) is 5.28 Å². The molecule has 0 amide bonds. The fourth-order valence-electron chi connectivity index (χ4n) is 1.91. The van der Waals surface area contributed by atoms with Crippen LogP contribution in [-0.2, 0) is 0 Å². The van der Waals surface area contributed by atoms with E-state index >= 15 is 0 Å². The van der Waals surface area contributed by atoms with E-state index in [4.69, 9.17) is 11.6 Å². The Labute approximate surface area is 128 Å². The molecule has 3 nitrogen and oxygen atoms in total. The molecule has 0 spiro atoms. The van der Waals surface area contributed by atoms with Crippen molar-refractivity contribution in [3.05, 3.63) is 64.1 Å². The van der Waals surface area contributed by atoms with Gasteiger partial charge >= 0.3 is 0 Å². The van der Waals surface area contributed by atoms with E-state index in [0.29, 0.717) is 16.0 Å². The van der Waals surface area contributed by atoms with Gasteiger partial charge in [0.15, 0.2) is 5.82 Å². The molecule has 0 aliphatic carbocycles. The Bertz CT molecular complexity index is 758. The molecule has 0 fully saturated rings. The number of benzene rings is 2. The normalized spacial score (nSPS) is 10.8. The molecule has 0 N–H and O–H groups in total. The minimum absolute atomic E-state index is 0.176. The average Bonchev–Trinajstić information content (AvgIpc) is 2.84. The first-order chi connectivity index (χ1) is 9.66. The van der Waals surface area contributed by atoms with Crippen LogP contribution in [0.25, 0.3) is 17.1 Å². The third kappa shape index (κ3) is 2.34. The Hall–Kier alpha value is -1.72. The summed E-state index contributed by atoms with van der Waals surface area (Å²) in [5, 5.41) is 8.12. The van der Waals surface area contributed by atoms with E-state index in [1.54, 1.807) is 10.6 Å². The number of nitrogens with zero attached hydrogens (tertiary/aromatic N) is 3. The number of hydrogen-bond acceptors (Lipinski definition) is 2. The van der Waals surface area contributed by atoms with E-state index < -0.39 is 0 Å². The van der Waals surface area contributed by atoms with Crippen molar-refractivity contribution in [3.8, 4) is 17.1 Å². The lowest BCUT2D eigenvalue weighted by atomic mass is 10.2. The number of aromatic nitrogens is 3. The smallest absolute Gasteiger partial charge is 0.229 e. The van der Waals surface area contributed by atoms with Crippen molar-refractivity contribution in [1.82, 2.24) is 14.8 Å². The summed E-state index contributed by atoms with van der Waals surface area (Å²) in [7, 11) is 0. The van der Waals surface area contributed by atoms with Gasteiger partial charge in [-0.25, -0.2) is 4.39 Å². The van der Waals surface area contributed by atoms with Crippen molar-refractivity contribution >= 4 is 27.5 Å². The lowest BCUT2D eigenvalue weighted by Crippen LogP contribution is -1.99. The second-order valence-electron chi connectivity index (χ2n) is 4.09. The number of rotatable bonds is 2. The second-order valence-corrected chi connectivity index (χ2v) is 5.28. The third-order valence-corrected chi connectivity index (χ3v) is 3.72. The van der Waals surface area contributed by atoms with Crippen LogP contribution in [0, 0.1) is 5.82 Å². The minimum atomic E-state index is -0.355. The summed E-state index contributed by atoms with van der Waals surface area (Å²) in [5.41, 5.74) is 1.40. The topological polar surface area (TPSA) is 30.7 Å². The van der Waals surface area contributed by atoms with Crippen molar-refractivity contribution in [2.45, 2.75) is 0 Å². The molecular weight excluding hydrogens is 345 g/mol. The molecular formula is C14H8BrClFN3. The largest absolute Gasteiger partial charge is 0.265 e. The standard InChI is InChI=1S/C14H8BrClFN3/c15-11-7-6-10(17)8-12(11)20-13(18-19-14(20)16)9-4-2-1-3-5-9/h1-8H. The Kier molecular flexibility index (Phi) is 3.54. The number of halogens is 3. The molecule has 0 aliphatic rings. The quantitative estimate of drug-likeness (QED) is 0.680. The fourth-order valence-corrected chi connectivity index (χ4v) is 2.54. The summed E-state index contributed by atoms with van der Waals surface area (Å²) in [5.74, 6) is 0.203. The predicted octanol–water partition coefficient (Wildman–Crippen LogP) is 4.49. The van der Waals surface area contributed by atoms with Gasteiger partial charge in [-0.1, -0.05) is 30.3 Å².